The number of carbonyl (C=O) groups excluding carboxylic acids is 2. The maximum absolute atomic E-state index is 12.3. The van der Waals surface area contributed by atoms with Crippen molar-refractivity contribution in [3.8, 4) is 6.07 Å². The van der Waals surface area contributed by atoms with Crippen molar-refractivity contribution < 1.29 is 24.2 Å². The van der Waals surface area contributed by atoms with E-state index in [1.807, 2.05) is 0 Å². The highest BCUT2D eigenvalue weighted by molar-refractivity contribution is 6.09. The van der Waals surface area contributed by atoms with Crippen molar-refractivity contribution in [1.82, 2.24) is 0 Å². The number of para-hydroxylation sites is 1. The quantitative estimate of drug-likeness (QED) is 0.408. The minimum absolute atomic E-state index is 0.0587. The molecule has 0 aliphatic rings. The topological polar surface area (TPSA) is 129 Å². The molecule has 2 rings (SSSR count). The first kappa shape index (κ1) is 19.2. The van der Waals surface area contributed by atoms with E-state index in [1.54, 1.807) is 24.3 Å². The van der Waals surface area contributed by atoms with E-state index in [2.05, 4.69) is 15.4 Å². The van der Waals surface area contributed by atoms with Crippen LogP contribution in [0.2, 0.25) is 0 Å². The van der Waals surface area contributed by atoms with Gasteiger partial charge < -0.3 is 20.5 Å². The highest BCUT2D eigenvalue weighted by atomic mass is 16.5. The van der Waals surface area contributed by atoms with Gasteiger partial charge in [0.05, 0.1) is 23.9 Å². The van der Waals surface area contributed by atoms with Crippen LogP contribution >= 0.6 is 0 Å². The highest BCUT2D eigenvalue weighted by Crippen LogP contribution is 2.17. The molecule has 0 saturated carbocycles. The van der Waals surface area contributed by atoms with Crippen LogP contribution in [0.4, 0.5) is 11.4 Å². The molecule has 0 aromatic heterocycles. The van der Waals surface area contributed by atoms with E-state index in [-0.39, 0.29) is 22.4 Å². The molecule has 0 heterocycles. The van der Waals surface area contributed by atoms with Gasteiger partial charge in [0.25, 0.3) is 5.91 Å². The minimum atomic E-state index is -1.10. The van der Waals surface area contributed by atoms with Crippen molar-refractivity contribution in [2.75, 3.05) is 17.7 Å². The minimum Gasteiger partial charge on any atom is -0.478 e. The summed E-state index contributed by atoms with van der Waals surface area (Å²) in [6.45, 7) is 0. The number of nitriles is 1. The molecule has 0 aliphatic carbocycles. The van der Waals surface area contributed by atoms with Crippen LogP contribution < -0.4 is 10.6 Å². The number of anilines is 2. The van der Waals surface area contributed by atoms with Crippen LogP contribution in [0.15, 0.2) is 60.3 Å². The molecule has 0 fully saturated rings. The third-order valence-electron chi connectivity index (χ3n) is 3.44. The Labute approximate surface area is 154 Å². The molecule has 0 atom stereocenters. The normalized spacial score (nSPS) is 10.4. The number of ether oxygens (including phenoxy) is 1. The van der Waals surface area contributed by atoms with Gasteiger partial charge in [-0.3, -0.25) is 4.79 Å². The van der Waals surface area contributed by atoms with E-state index in [1.165, 1.54) is 37.4 Å². The zero-order valence-electron chi connectivity index (χ0n) is 14.2. The molecule has 136 valence electrons. The first-order valence-electron chi connectivity index (χ1n) is 7.65. The molecular weight excluding hydrogens is 350 g/mol. The van der Waals surface area contributed by atoms with E-state index >= 15 is 0 Å². The van der Waals surface area contributed by atoms with E-state index in [0.29, 0.717) is 5.69 Å². The Kier molecular flexibility index (Phi) is 6.28. The maximum atomic E-state index is 12.3. The number of methoxy groups -OCH3 is 1. The molecule has 2 aromatic rings. The van der Waals surface area contributed by atoms with Crippen molar-refractivity contribution in [3.05, 3.63) is 71.4 Å². The monoisotopic (exact) mass is 365 g/mol. The Balaban J connectivity index is 2.18. The summed E-state index contributed by atoms with van der Waals surface area (Å²) in [7, 11) is 1.22. The van der Waals surface area contributed by atoms with Gasteiger partial charge in [0.1, 0.15) is 11.6 Å². The van der Waals surface area contributed by atoms with Gasteiger partial charge in [-0.15, -0.1) is 0 Å². The summed E-state index contributed by atoms with van der Waals surface area (Å²) in [5.74, 6) is -2.46. The van der Waals surface area contributed by atoms with Gasteiger partial charge in [0, 0.05) is 11.9 Å². The predicted molar refractivity (Wildman–Crippen MR) is 97.1 cm³/mol. The Bertz CT molecular complexity index is 960. The number of carboxylic acids is 1. The first-order chi connectivity index (χ1) is 13.0. The van der Waals surface area contributed by atoms with Crippen molar-refractivity contribution in [1.29, 1.82) is 5.26 Å². The van der Waals surface area contributed by atoms with Crippen LogP contribution in [-0.2, 0) is 9.53 Å². The Morgan fingerprint density at radius 3 is 2.56 bits per heavy atom. The number of carboxylic acid groups (broad SMARTS) is 1. The van der Waals surface area contributed by atoms with Gasteiger partial charge in [-0.25, -0.2) is 9.59 Å². The molecule has 0 unspecified atom stereocenters. The van der Waals surface area contributed by atoms with Crippen LogP contribution in [-0.4, -0.2) is 30.1 Å². The molecule has 0 bridgehead atoms. The fourth-order valence-electron chi connectivity index (χ4n) is 2.12. The summed E-state index contributed by atoms with van der Waals surface area (Å²) >= 11 is 0. The lowest BCUT2D eigenvalue weighted by Crippen LogP contribution is -2.17. The average Bonchev–Trinajstić information content (AvgIpc) is 2.68. The number of nitrogens with one attached hydrogen (secondary N) is 2. The molecule has 0 aliphatic heterocycles. The number of carbonyl (C=O) groups is 3. The Hall–Kier alpha value is -4.12. The number of aromatic carboxylic acids is 1. The Morgan fingerprint density at radius 2 is 1.89 bits per heavy atom. The molecule has 0 radical (unpaired) electrons. The molecule has 2 aromatic carbocycles. The molecule has 0 spiro atoms. The van der Waals surface area contributed by atoms with E-state index in [0.717, 1.165) is 6.20 Å². The second kappa shape index (κ2) is 8.82. The van der Waals surface area contributed by atoms with Crippen LogP contribution in [0.5, 0.6) is 0 Å². The summed E-state index contributed by atoms with van der Waals surface area (Å²) in [5.41, 5.74) is 0.528. The van der Waals surface area contributed by atoms with Gasteiger partial charge in [-0.1, -0.05) is 18.2 Å². The summed E-state index contributed by atoms with van der Waals surface area (Å²) in [6, 6.07) is 13.8. The van der Waals surface area contributed by atoms with E-state index in [4.69, 9.17) is 5.11 Å². The van der Waals surface area contributed by atoms with Crippen molar-refractivity contribution in [2.24, 2.45) is 0 Å². The van der Waals surface area contributed by atoms with Gasteiger partial charge in [0.2, 0.25) is 0 Å². The standard InChI is InChI=1S/C19H15N3O5/c1-27-19(26)15-7-2-3-8-16(15)22-17(23)13(10-20)11-21-14-6-4-5-12(9-14)18(24)25/h2-9,11,21H,1H3,(H,22,23)(H,24,25)/b13-11-. The fourth-order valence-corrected chi connectivity index (χ4v) is 2.12. The number of benzene rings is 2. The SMILES string of the molecule is COC(=O)c1ccccc1NC(=O)/C(C#N)=C\Nc1cccc(C(=O)O)c1. The molecule has 27 heavy (non-hydrogen) atoms. The van der Waals surface area contributed by atoms with Gasteiger partial charge in [0.15, 0.2) is 0 Å². The van der Waals surface area contributed by atoms with Crippen LogP contribution in [0, 0.1) is 11.3 Å². The summed E-state index contributed by atoms with van der Waals surface area (Å²) < 4.78 is 4.65. The van der Waals surface area contributed by atoms with Crippen LogP contribution in [0.1, 0.15) is 20.7 Å². The number of nitrogens with zero attached hydrogens (tertiary/aromatic N) is 1. The number of hydrogen-bond acceptors (Lipinski definition) is 6. The van der Waals surface area contributed by atoms with Crippen molar-refractivity contribution in [3.63, 3.8) is 0 Å². The largest absolute Gasteiger partial charge is 0.478 e. The number of hydrogen-bond donors (Lipinski definition) is 3. The van der Waals surface area contributed by atoms with Gasteiger partial charge in [-0.2, -0.15) is 5.26 Å². The molecule has 3 N–H and O–H groups in total. The van der Waals surface area contributed by atoms with Crippen LogP contribution in [0.3, 0.4) is 0 Å². The second-order valence-corrected chi connectivity index (χ2v) is 5.19. The second-order valence-electron chi connectivity index (χ2n) is 5.19. The highest BCUT2D eigenvalue weighted by Gasteiger charge is 2.15. The third kappa shape index (κ3) is 4.93. The maximum Gasteiger partial charge on any atom is 0.339 e. The first-order valence-corrected chi connectivity index (χ1v) is 7.65. The number of rotatable bonds is 6. The van der Waals surface area contributed by atoms with Crippen molar-refractivity contribution >= 4 is 29.2 Å². The third-order valence-corrected chi connectivity index (χ3v) is 3.44. The fraction of sp³-hybridized carbons (Fsp3) is 0.0526. The Morgan fingerprint density at radius 1 is 1.15 bits per heavy atom. The average molecular weight is 365 g/mol. The summed E-state index contributed by atoms with van der Waals surface area (Å²) in [6.07, 6.45) is 1.15. The molecule has 8 heteroatoms. The van der Waals surface area contributed by atoms with E-state index < -0.39 is 17.8 Å². The van der Waals surface area contributed by atoms with Gasteiger partial charge in [-0.05, 0) is 30.3 Å². The van der Waals surface area contributed by atoms with Gasteiger partial charge >= 0.3 is 11.9 Å². The number of esters is 1. The summed E-state index contributed by atoms with van der Waals surface area (Å²) in [4.78, 5) is 35.0. The molecule has 1 amide bonds. The molecule has 8 nitrogen and oxygen atoms in total. The smallest absolute Gasteiger partial charge is 0.339 e. The van der Waals surface area contributed by atoms with Crippen LogP contribution in [0.25, 0.3) is 0 Å². The lowest BCUT2D eigenvalue weighted by molar-refractivity contribution is -0.112. The van der Waals surface area contributed by atoms with Crippen molar-refractivity contribution in [2.45, 2.75) is 0 Å². The molecule has 0 saturated heterocycles. The number of amides is 1. The zero-order valence-corrected chi connectivity index (χ0v) is 14.2. The lowest BCUT2D eigenvalue weighted by atomic mass is 10.1. The van der Waals surface area contributed by atoms with E-state index in [9.17, 15) is 19.6 Å². The zero-order chi connectivity index (χ0) is 19.8. The lowest BCUT2D eigenvalue weighted by Gasteiger charge is -2.09. The predicted octanol–water partition coefficient (Wildman–Crippen LogP) is 2.63. The summed E-state index contributed by atoms with van der Waals surface area (Å²) in [5, 5.41) is 23.4. The molecular formula is C19H15N3O5.